The van der Waals surface area contributed by atoms with Crippen LogP contribution in [-0.4, -0.2) is 29.6 Å². The Kier molecular flexibility index (Phi) is 4.84. The Morgan fingerprint density at radius 1 is 0.920 bits per heavy atom. The van der Waals surface area contributed by atoms with Gasteiger partial charge in [0.2, 0.25) is 0 Å². The molecule has 1 aromatic carbocycles. The zero-order valence-corrected chi connectivity index (χ0v) is 14.2. The van der Waals surface area contributed by atoms with Crippen LogP contribution in [0.5, 0.6) is 0 Å². The number of fused-ring (bicyclic) bond motifs is 1. The van der Waals surface area contributed by atoms with Crippen molar-refractivity contribution in [2.75, 3.05) is 13.2 Å². The fourth-order valence-corrected chi connectivity index (χ4v) is 2.74. The zero-order chi connectivity index (χ0) is 17.8. The first-order valence-electron chi connectivity index (χ1n) is 8.20. The van der Waals surface area contributed by atoms with E-state index in [2.05, 4.69) is 0 Å². The van der Waals surface area contributed by atoms with Crippen LogP contribution in [0.25, 0.3) is 16.8 Å². The maximum atomic E-state index is 12.4. The molecule has 5 nitrogen and oxygen atoms in total. The van der Waals surface area contributed by atoms with Crippen LogP contribution >= 0.6 is 0 Å². The molecule has 128 valence electrons. The standard InChI is InChI=1S/C20H19NO4/c1-3-24-19(22)15-10-11-21-17(14-8-6-5-7-9-14)13-16(18(21)12-15)20(23)25-4-2/h5-13H,3-4H2,1-2H3. The average Bonchev–Trinajstić information content (AvgIpc) is 3.02. The van der Waals surface area contributed by atoms with E-state index < -0.39 is 11.9 Å². The highest BCUT2D eigenvalue weighted by Crippen LogP contribution is 2.27. The topological polar surface area (TPSA) is 57.0 Å². The summed E-state index contributed by atoms with van der Waals surface area (Å²) < 4.78 is 12.1. The SMILES string of the molecule is CCOC(=O)c1ccn2c(-c3ccccc3)cc(C(=O)OCC)c2c1. The first kappa shape index (κ1) is 16.8. The summed E-state index contributed by atoms with van der Waals surface area (Å²) in [5.74, 6) is -0.828. The number of aromatic nitrogens is 1. The smallest absolute Gasteiger partial charge is 0.340 e. The van der Waals surface area contributed by atoms with Gasteiger partial charge in [-0.15, -0.1) is 0 Å². The van der Waals surface area contributed by atoms with Crippen LogP contribution in [0.1, 0.15) is 34.6 Å². The lowest BCUT2D eigenvalue weighted by Crippen LogP contribution is -2.07. The molecule has 0 bridgehead atoms. The fraction of sp³-hybridized carbons (Fsp3) is 0.200. The summed E-state index contributed by atoms with van der Waals surface area (Å²) in [6, 6.07) is 14.9. The van der Waals surface area contributed by atoms with E-state index in [0.29, 0.717) is 23.3 Å². The molecule has 0 fully saturated rings. The number of hydrogen-bond acceptors (Lipinski definition) is 4. The van der Waals surface area contributed by atoms with Crippen molar-refractivity contribution in [1.29, 1.82) is 0 Å². The Hall–Kier alpha value is -3.08. The highest BCUT2D eigenvalue weighted by molar-refractivity contribution is 6.01. The largest absolute Gasteiger partial charge is 0.462 e. The molecule has 0 amide bonds. The quantitative estimate of drug-likeness (QED) is 0.661. The summed E-state index contributed by atoms with van der Waals surface area (Å²) in [6.07, 6.45) is 1.77. The second-order valence-electron chi connectivity index (χ2n) is 5.42. The van der Waals surface area contributed by atoms with Gasteiger partial charge in [0.1, 0.15) is 0 Å². The molecular formula is C20H19NO4. The van der Waals surface area contributed by atoms with Gasteiger partial charge in [-0.05, 0) is 37.6 Å². The molecule has 0 unspecified atom stereocenters. The van der Waals surface area contributed by atoms with Gasteiger partial charge < -0.3 is 13.9 Å². The van der Waals surface area contributed by atoms with Crippen LogP contribution in [-0.2, 0) is 9.47 Å². The van der Waals surface area contributed by atoms with Crippen LogP contribution < -0.4 is 0 Å². The van der Waals surface area contributed by atoms with Crippen molar-refractivity contribution in [3.05, 3.63) is 65.9 Å². The molecule has 25 heavy (non-hydrogen) atoms. The Morgan fingerprint density at radius 2 is 1.60 bits per heavy atom. The second-order valence-corrected chi connectivity index (χ2v) is 5.42. The van der Waals surface area contributed by atoms with E-state index in [1.165, 1.54) is 0 Å². The Morgan fingerprint density at radius 3 is 2.28 bits per heavy atom. The van der Waals surface area contributed by atoms with Gasteiger partial charge in [-0.25, -0.2) is 9.59 Å². The van der Waals surface area contributed by atoms with Crippen LogP contribution in [0.3, 0.4) is 0 Å². The summed E-state index contributed by atoms with van der Waals surface area (Å²) in [5.41, 5.74) is 3.26. The lowest BCUT2D eigenvalue weighted by atomic mass is 10.1. The first-order valence-corrected chi connectivity index (χ1v) is 8.20. The molecule has 0 saturated heterocycles. The normalized spacial score (nSPS) is 10.6. The van der Waals surface area contributed by atoms with Gasteiger partial charge in [0.05, 0.1) is 35.6 Å². The number of esters is 2. The van der Waals surface area contributed by atoms with E-state index >= 15 is 0 Å². The van der Waals surface area contributed by atoms with Crippen molar-refractivity contribution < 1.29 is 19.1 Å². The number of ether oxygens (including phenoxy) is 2. The van der Waals surface area contributed by atoms with Gasteiger partial charge in [-0.3, -0.25) is 0 Å². The summed E-state index contributed by atoms with van der Waals surface area (Å²) in [7, 11) is 0. The monoisotopic (exact) mass is 337 g/mol. The summed E-state index contributed by atoms with van der Waals surface area (Å²) in [4.78, 5) is 24.4. The van der Waals surface area contributed by atoms with E-state index in [1.807, 2.05) is 34.7 Å². The predicted octanol–water partition coefficient (Wildman–Crippen LogP) is 3.96. The molecule has 0 aliphatic rings. The molecule has 0 radical (unpaired) electrons. The average molecular weight is 337 g/mol. The van der Waals surface area contributed by atoms with Gasteiger partial charge in [0, 0.05) is 6.20 Å². The van der Waals surface area contributed by atoms with Gasteiger partial charge in [-0.2, -0.15) is 0 Å². The molecular weight excluding hydrogens is 318 g/mol. The number of pyridine rings is 1. The molecule has 0 saturated carbocycles. The maximum absolute atomic E-state index is 12.4. The lowest BCUT2D eigenvalue weighted by Gasteiger charge is -2.06. The summed E-state index contributed by atoms with van der Waals surface area (Å²) >= 11 is 0. The molecule has 0 N–H and O–H groups in total. The van der Waals surface area contributed by atoms with E-state index in [0.717, 1.165) is 11.3 Å². The number of rotatable bonds is 5. The van der Waals surface area contributed by atoms with Gasteiger partial charge in [0.25, 0.3) is 0 Å². The van der Waals surface area contributed by atoms with Crippen molar-refractivity contribution in [3.63, 3.8) is 0 Å². The Labute approximate surface area is 145 Å². The minimum atomic E-state index is -0.415. The van der Waals surface area contributed by atoms with E-state index in [1.54, 1.807) is 38.2 Å². The highest BCUT2D eigenvalue weighted by atomic mass is 16.5. The van der Waals surface area contributed by atoms with Crippen molar-refractivity contribution >= 4 is 17.5 Å². The minimum absolute atomic E-state index is 0.286. The van der Waals surface area contributed by atoms with Crippen molar-refractivity contribution in [1.82, 2.24) is 4.40 Å². The van der Waals surface area contributed by atoms with Crippen LogP contribution in [0, 0.1) is 0 Å². The third-order valence-corrected chi connectivity index (χ3v) is 3.85. The Balaban J connectivity index is 2.19. The minimum Gasteiger partial charge on any atom is -0.462 e. The highest BCUT2D eigenvalue weighted by Gasteiger charge is 2.19. The summed E-state index contributed by atoms with van der Waals surface area (Å²) in [5, 5.41) is 0. The number of nitrogens with zero attached hydrogens (tertiary/aromatic N) is 1. The predicted molar refractivity (Wildman–Crippen MR) is 94.7 cm³/mol. The number of carbonyl (C=O) groups is 2. The molecule has 0 aliphatic heterocycles. The molecule has 0 atom stereocenters. The van der Waals surface area contributed by atoms with E-state index in [-0.39, 0.29) is 6.61 Å². The molecule has 0 spiro atoms. The van der Waals surface area contributed by atoms with E-state index in [9.17, 15) is 9.59 Å². The van der Waals surface area contributed by atoms with Crippen LogP contribution in [0.2, 0.25) is 0 Å². The third kappa shape index (κ3) is 3.26. The van der Waals surface area contributed by atoms with Crippen molar-refractivity contribution in [3.8, 4) is 11.3 Å². The molecule has 2 heterocycles. The molecule has 0 aliphatic carbocycles. The second kappa shape index (κ2) is 7.21. The van der Waals surface area contributed by atoms with Gasteiger partial charge in [0.15, 0.2) is 0 Å². The number of carbonyl (C=O) groups excluding carboxylic acids is 2. The number of benzene rings is 1. The van der Waals surface area contributed by atoms with E-state index in [4.69, 9.17) is 9.47 Å². The lowest BCUT2D eigenvalue weighted by molar-refractivity contribution is 0.0515. The van der Waals surface area contributed by atoms with Crippen LogP contribution in [0.4, 0.5) is 0 Å². The molecule has 3 aromatic rings. The number of hydrogen-bond donors (Lipinski definition) is 0. The van der Waals surface area contributed by atoms with Gasteiger partial charge >= 0.3 is 11.9 Å². The zero-order valence-electron chi connectivity index (χ0n) is 14.2. The third-order valence-electron chi connectivity index (χ3n) is 3.85. The van der Waals surface area contributed by atoms with Crippen LogP contribution in [0.15, 0.2) is 54.7 Å². The Bertz CT molecular complexity index is 912. The fourth-order valence-electron chi connectivity index (χ4n) is 2.74. The van der Waals surface area contributed by atoms with Crippen molar-refractivity contribution in [2.45, 2.75) is 13.8 Å². The summed E-state index contributed by atoms with van der Waals surface area (Å²) in [6.45, 7) is 4.10. The molecule has 3 rings (SSSR count). The maximum Gasteiger partial charge on any atom is 0.340 e. The van der Waals surface area contributed by atoms with Gasteiger partial charge in [-0.1, -0.05) is 30.3 Å². The van der Waals surface area contributed by atoms with Crippen molar-refractivity contribution in [2.24, 2.45) is 0 Å². The first-order chi connectivity index (χ1) is 12.2. The molecule has 2 aromatic heterocycles. The molecule has 5 heteroatoms.